The van der Waals surface area contributed by atoms with Crippen molar-refractivity contribution in [3.63, 3.8) is 0 Å². The minimum absolute atomic E-state index is 0. The Morgan fingerprint density at radius 3 is 2.70 bits per heavy atom. The lowest BCUT2D eigenvalue weighted by molar-refractivity contribution is -0.0000121. The van der Waals surface area contributed by atoms with Crippen molar-refractivity contribution in [2.75, 3.05) is 11.9 Å². The Balaban J connectivity index is 0.00000192. The summed E-state index contributed by atoms with van der Waals surface area (Å²) < 4.78 is 1.12. The smallest absolute Gasteiger partial charge is 0.184 e. The molecule has 0 atom stereocenters. The lowest BCUT2D eigenvalue weighted by atomic mass is 10.1. The van der Waals surface area contributed by atoms with Crippen molar-refractivity contribution in [1.29, 1.82) is 0 Å². The molecule has 0 saturated heterocycles. The molecule has 6 heteroatoms. The Hall–Kier alpha value is -1.43. The van der Waals surface area contributed by atoms with Crippen molar-refractivity contribution < 1.29 is 21.8 Å². The van der Waals surface area contributed by atoms with Gasteiger partial charge < -0.3 is 22.3 Å². The summed E-state index contributed by atoms with van der Waals surface area (Å²) in [5.74, 6) is -0.0437. The van der Waals surface area contributed by atoms with Gasteiger partial charge in [-0.25, -0.2) is 4.98 Å². The van der Waals surface area contributed by atoms with Crippen LogP contribution in [0.3, 0.4) is 0 Å². The number of aromatic nitrogens is 1. The molecule has 0 bridgehead atoms. The second-order valence-corrected chi connectivity index (χ2v) is 6.57. The lowest BCUT2D eigenvalue weighted by Crippen LogP contribution is -3.00. The molecule has 1 aromatic heterocycles. The summed E-state index contributed by atoms with van der Waals surface area (Å²) in [6, 6.07) is 11.2. The highest BCUT2D eigenvalue weighted by molar-refractivity contribution is 7.22. The Bertz CT molecular complexity index is 863. The molecule has 0 spiro atoms. The van der Waals surface area contributed by atoms with Gasteiger partial charge in [0.25, 0.3) is 0 Å². The Labute approximate surface area is 154 Å². The van der Waals surface area contributed by atoms with Crippen molar-refractivity contribution in [1.82, 2.24) is 4.98 Å². The van der Waals surface area contributed by atoms with Crippen LogP contribution in [0.1, 0.15) is 21.5 Å². The zero-order valence-electron chi connectivity index (χ0n) is 12.7. The first kappa shape index (κ1) is 17.9. The van der Waals surface area contributed by atoms with E-state index in [0.717, 1.165) is 15.3 Å². The van der Waals surface area contributed by atoms with Gasteiger partial charge in [0, 0.05) is 5.56 Å². The third-order valence-corrected chi connectivity index (χ3v) is 4.97. The predicted molar refractivity (Wildman–Crippen MR) is 93.4 cm³/mol. The van der Waals surface area contributed by atoms with E-state index in [4.69, 9.17) is 11.6 Å². The maximum absolute atomic E-state index is 12.2. The van der Waals surface area contributed by atoms with Crippen LogP contribution in [-0.2, 0) is 0 Å². The van der Waals surface area contributed by atoms with Crippen LogP contribution in [0.2, 0.25) is 5.02 Å². The van der Waals surface area contributed by atoms with Crippen LogP contribution >= 0.6 is 22.9 Å². The molecule has 0 fully saturated rings. The van der Waals surface area contributed by atoms with E-state index in [9.17, 15) is 4.79 Å². The van der Waals surface area contributed by atoms with Crippen LogP contribution in [0.5, 0.6) is 0 Å². The SMILES string of the molecule is Cc1ccc2sc(NCC(=O)c3ccccc3Cl)nc2c1C.[Br-]. The molecule has 0 unspecified atom stereocenters. The average Bonchev–Trinajstić information content (AvgIpc) is 2.93. The van der Waals surface area contributed by atoms with Gasteiger partial charge in [0.15, 0.2) is 10.9 Å². The number of ketones is 1. The molecule has 3 aromatic rings. The first-order valence-electron chi connectivity index (χ1n) is 6.94. The topological polar surface area (TPSA) is 42.0 Å². The molecule has 1 N–H and O–H groups in total. The fraction of sp³-hybridized carbons (Fsp3) is 0.176. The number of benzene rings is 2. The van der Waals surface area contributed by atoms with E-state index >= 15 is 0 Å². The van der Waals surface area contributed by atoms with E-state index in [-0.39, 0.29) is 29.3 Å². The molecule has 0 amide bonds. The van der Waals surface area contributed by atoms with Crippen LogP contribution in [0.15, 0.2) is 36.4 Å². The molecule has 0 saturated carbocycles. The Kier molecular flexibility index (Phi) is 5.79. The first-order chi connectivity index (χ1) is 10.6. The molecule has 23 heavy (non-hydrogen) atoms. The van der Waals surface area contributed by atoms with Crippen molar-refractivity contribution in [2.24, 2.45) is 0 Å². The molecule has 0 radical (unpaired) electrons. The van der Waals surface area contributed by atoms with Crippen molar-refractivity contribution in [3.8, 4) is 0 Å². The molecule has 3 nitrogen and oxygen atoms in total. The molecule has 120 valence electrons. The summed E-state index contributed by atoms with van der Waals surface area (Å²) in [6.07, 6.45) is 0. The van der Waals surface area contributed by atoms with Gasteiger partial charge in [0.2, 0.25) is 0 Å². The summed E-state index contributed by atoms with van der Waals surface area (Å²) in [5, 5.41) is 4.34. The van der Waals surface area contributed by atoms with E-state index in [1.54, 1.807) is 23.5 Å². The molecular weight excluding hydrogens is 396 g/mol. The van der Waals surface area contributed by atoms with Crippen LogP contribution in [0.4, 0.5) is 5.13 Å². The van der Waals surface area contributed by atoms with Crippen LogP contribution in [0, 0.1) is 13.8 Å². The summed E-state index contributed by atoms with van der Waals surface area (Å²) in [6.45, 7) is 4.32. The highest BCUT2D eigenvalue weighted by Gasteiger charge is 2.12. The maximum Gasteiger partial charge on any atom is 0.184 e. The average molecular weight is 411 g/mol. The summed E-state index contributed by atoms with van der Waals surface area (Å²) in [7, 11) is 0. The third-order valence-electron chi connectivity index (χ3n) is 3.66. The van der Waals surface area contributed by atoms with E-state index < -0.39 is 0 Å². The first-order valence-corrected chi connectivity index (χ1v) is 8.14. The molecule has 1 heterocycles. The van der Waals surface area contributed by atoms with Crippen LogP contribution in [-0.4, -0.2) is 17.3 Å². The van der Waals surface area contributed by atoms with Gasteiger partial charge in [-0.2, -0.15) is 0 Å². The van der Waals surface area contributed by atoms with E-state index in [1.807, 2.05) is 12.1 Å². The largest absolute Gasteiger partial charge is 1.00 e. The monoisotopic (exact) mass is 409 g/mol. The quantitative estimate of drug-likeness (QED) is 0.668. The summed E-state index contributed by atoms with van der Waals surface area (Å²) >= 11 is 7.60. The number of hydrogen-bond acceptors (Lipinski definition) is 4. The number of anilines is 1. The fourth-order valence-electron chi connectivity index (χ4n) is 2.24. The summed E-state index contributed by atoms with van der Waals surface area (Å²) in [5.41, 5.74) is 3.93. The Morgan fingerprint density at radius 2 is 1.96 bits per heavy atom. The standard InChI is InChI=1S/C17H15ClN2OS.BrH/c1-10-7-8-15-16(11(10)2)20-17(22-15)19-9-14(21)12-5-3-4-6-13(12)18;/h3-8H,9H2,1-2H3,(H,19,20);1H/p-1. The van der Waals surface area contributed by atoms with Crippen molar-refractivity contribution in [3.05, 3.63) is 58.1 Å². The van der Waals surface area contributed by atoms with Gasteiger partial charge in [-0.1, -0.05) is 41.1 Å². The number of aryl methyl sites for hydroxylation is 2. The highest BCUT2D eigenvalue weighted by Crippen LogP contribution is 2.29. The van der Waals surface area contributed by atoms with Gasteiger partial charge in [-0.3, -0.25) is 4.79 Å². The molecular formula is C17H15BrClN2OS-. The van der Waals surface area contributed by atoms with Gasteiger partial charge in [0.05, 0.1) is 21.8 Å². The number of fused-ring (bicyclic) bond motifs is 1. The number of nitrogens with zero attached hydrogens (tertiary/aromatic N) is 1. The molecule has 2 aromatic carbocycles. The second kappa shape index (κ2) is 7.43. The van der Waals surface area contributed by atoms with Gasteiger partial charge in [-0.15, -0.1) is 0 Å². The molecule has 0 aliphatic heterocycles. The molecule has 0 aliphatic carbocycles. The van der Waals surface area contributed by atoms with E-state index in [0.29, 0.717) is 10.6 Å². The van der Waals surface area contributed by atoms with Crippen LogP contribution in [0.25, 0.3) is 10.2 Å². The number of nitrogens with one attached hydrogen (secondary N) is 1. The maximum atomic E-state index is 12.2. The zero-order valence-corrected chi connectivity index (χ0v) is 15.8. The number of carbonyl (C=O) groups excluding carboxylic acids is 1. The van der Waals surface area contributed by atoms with Crippen LogP contribution < -0.4 is 22.3 Å². The van der Waals surface area contributed by atoms with Gasteiger partial charge >= 0.3 is 0 Å². The minimum atomic E-state index is -0.0437. The molecule has 3 rings (SSSR count). The fourth-order valence-corrected chi connectivity index (χ4v) is 3.40. The molecule has 0 aliphatic rings. The number of thiazole rings is 1. The predicted octanol–water partition coefficient (Wildman–Crippen LogP) is 1.87. The second-order valence-electron chi connectivity index (χ2n) is 5.13. The number of hydrogen-bond donors (Lipinski definition) is 1. The number of rotatable bonds is 4. The van der Waals surface area contributed by atoms with E-state index in [2.05, 4.69) is 36.3 Å². The third kappa shape index (κ3) is 3.74. The Morgan fingerprint density at radius 1 is 1.22 bits per heavy atom. The van der Waals surface area contributed by atoms with Gasteiger partial charge in [-0.05, 0) is 43.2 Å². The van der Waals surface area contributed by atoms with Crippen molar-refractivity contribution >= 4 is 44.1 Å². The van der Waals surface area contributed by atoms with E-state index in [1.165, 1.54) is 11.1 Å². The highest BCUT2D eigenvalue weighted by atomic mass is 79.9. The van der Waals surface area contributed by atoms with Gasteiger partial charge in [0.1, 0.15) is 0 Å². The lowest BCUT2D eigenvalue weighted by Gasteiger charge is -2.03. The number of halogens is 2. The normalized spacial score (nSPS) is 10.4. The van der Waals surface area contributed by atoms with Crippen molar-refractivity contribution in [2.45, 2.75) is 13.8 Å². The minimum Gasteiger partial charge on any atom is -1.00 e. The zero-order chi connectivity index (χ0) is 15.7. The summed E-state index contributed by atoms with van der Waals surface area (Å²) in [4.78, 5) is 16.8. The number of carbonyl (C=O) groups is 1. The number of Topliss-reactive ketones (excluding diaryl/α,β-unsaturated/α-hetero) is 1.